The number of rotatable bonds is 5. The summed E-state index contributed by atoms with van der Waals surface area (Å²) in [4.78, 5) is 15.9. The van der Waals surface area contributed by atoms with Gasteiger partial charge in [0.1, 0.15) is 6.61 Å². The van der Waals surface area contributed by atoms with E-state index in [0.717, 1.165) is 48.8 Å². The number of ether oxygens (including phenoxy) is 2. The molecule has 2 aromatic carbocycles. The molecule has 4 heteroatoms. The number of hydrogen-bond acceptors (Lipinski definition) is 4. The van der Waals surface area contributed by atoms with Gasteiger partial charge < -0.3 is 9.47 Å². The summed E-state index contributed by atoms with van der Waals surface area (Å²) in [5.74, 6) is 3.40. The van der Waals surface area contributed by atoms with Crippen molar-refractivity contribution in [2.24, 2.45) is 11.8 Å². The Morgan fingerprint density at radius 1 is 1.10 bits per heavy atom. The van der Waals surface area contributed by atoms with Crippen LogP contribution in [-0.2, 0) is 23.2 Å². The summed E-state index contributed by atoms with van der Waals surface area (Å²) in [7, 11) is 0. The van der Waals surface area contributed by atoms with Crippen molar-refractivity contribution in [1.29, 1.82) is 0 Å². The monoisotopic (exact) mass is 415 g/mol. The van der Waals surface area contributed by atoms with Crippen molar-refractivity contribution in [3.05, 3.63) is 59.2 Å². The molecule has 0 amide bonds. The second-order valence-corrected chi connectivity index (χ2v) is 10.3. The second kappa shape index (κ2) is 6.59. The molecule has 1 spiro atoms. The lowest BCUT2D eigenvalue weighted by molar-refractivity contribution is -0.138. The zero-order chi connectivity index (χ0) is 20.6. The van der Waals surface area contributed by atoms with Crippen LogP contribution >= 0.6 is 0 Å². The molecule has 3 aliphatic carbocycles. The highest BCUT2D eigenvalue weighted by atomic mass is 16.5. The van der Waals surface area contributed by atoms with Gasteiger partial charge in [-0.05, 0) is 67.7 Å². The zero-order valence-electron chi connectivity index (χ0n) is 17.9. The van der Waals surface area contributed by atoms with E-state index in [1.807, 2.05) is 18.2 Å². The van der Waals surface area contributed by atoms with Crippen LogP contribution in [0, 0.1) is 11.8 Å². The minimum absolute atomic E-state index is 0.130. The largest absolute Gasteiger partial charge is 0.485 e. The Morgan fingerprint density at radius 2 is 1.97 bits per heavy atom. The average Bonchev–Trinajstić information content (AvgIpc) is 3.54. The van der Waals surface area contributed by atoms with E-state index in [-0.39, 0.29) is 11.5 Å². The first-order valence-electron chi connectivity index (χ1n) is 12.0. The number of piperidine rings is 1. The highest BCUT2D eigenvalue weighted by Crippen LogP contribution is 2.63. The van der Waals surface area contributed by atoms with Gasteiger partial charge in [0.25, 0.3) is 0 Å². The predicted molar refractivity (Wildman–Crippen MR) is 117 cm³/mol. The Kier molecular flexibility index (Phi) is 3.88. The molecule has 4 atom stereocenters. The quantitative estimate of drug-likeness (QED) is 0.731. The maximum Gasteiger partial charge on any atom is 0.174 e. The number of ketones is 1. The molecule has 4 nitrogen and oxygen atoms in total. The van der Waals surface area contributed by atoms with Crippen LogP contribution in [0.1, 0.15) is 48.8 Å². The number of Topliss-reactive ketones (excluding diaryl/α,β-unsaturated/α-hetero) is 1. The maximum atomic E-state index is 13.1. The third-order valence-electron chi connectivity index (χ3n) is 8.63. The van der Waals surface area contributed by atoms with Crippen molar-refractivity contribution in [3.63, 3.8) is 0 Å². The molecule has 0 radical (unpaired) electrons. The lowest BCUT2D eigenvalue weighted by atomic mass is 9.51. The normalized spacial score (nSPS) is 33.0. The summed E-state index contributed by atoms with van der Waals surface area (Å²) >= 11 is 0. The summed E-state index contributed by atoms with van der Waals surface area (Å²) in [6.07, 6.45) is 6.28. The smallest absolute Gasteiger partial charge is 0.174 e. The molecule has 3 fully saturated rings. The number of nitrogens with zero attached hydrogens (tertiary/aromatic N) is 1. The standard InChI is InChI=1S/C27H29NO3/c29-22-10-9-20-21-14-19-8-11-23(30-16-18-4-2-1-3-5-18)25-24(19)27(20,26(22)31-25)12-13-28(21)15-17-6-7-17/h1-5,8,11,17,20-21,26H,6-7,9-10,12-16H2/t20-,21+,26?,27?/m1/s1. The molecule has 7 rings (SSSR count). The Morgan fingerprint density at radius 3 is 2.81 bits per heavy atom. The number of benzene rings is 2. The van der Waals surface area contributed by atoms with E-state index < -0.39 is 0 Å². The highest BCUT2D eigenvalue weighted by Gasteiger charge is 2.66. The molecule has 2 aliphatic heterocycles. The minimum Gasteiger partial charge on any atom is -0.485 e. The van der Waals surface area contributed by atoms with Crippen LogP contribution in [0.25, 0.3) is 0 Å². The Labute approximate surface area is 183 Å². The van der Waals surface area contributed by atoms with Gasteiger partial charge in [0, 0.05) is 30.0 Å². The van der Waals surface area contributed by atoms with E-state index in [2.05, 4.69) is 29.2 Å². The van der Waals surface area contributed by atoms with E-state index in [9.17, 15) is 4.79 Å². The van der Waals surface area contributed by atoms with E-state index in [0.29, 0.717) is 30.8 Å². The molecule has 0 N–H and O–H groups in total. The summed E-state index contributed by atoms with van der Waals surface area (Å²) in [5, 5.41) is 0. The number of carbonyl (C=O) groups excluding carboxylic acids is 1. The van der Waals surface area contributed by atoms with Gasteiger partial charge in [-0.1, -0.05) is 36.4 Å². The van der Waals surface area contributed by atoms with Crippen LogP contribution in [0.5, 0.6) is 11.5 Å². The maximum absolute atomic E-state index is 13.1. The van der Waals surface area contributed by atoms with Gasteiger partial charge in [-0.25, -0.2) is 0 Å². The highest BCUT2D eigenvalue weighted by molar-refractivity contribution is 5.89. The molecule has 0 aromatic heterocycles. The molecule has 2 aromatic rings. The molecule has 2 saturated carbocycles. The van der Waals surface area contributed by atoms with Gasteiger partial charge >= 0.3 is 0 Å². The van der Waals surface area contributed by atoms with E-state index in [4.69, 9.17) is 9.47 Å². The van der Waals surface area contributed by atoms with Crippen LogP contribution in [-0.4, -0.2) is 35.9 Å². The minimum atomic E-state index is -0.313. The van der Waals surface area contributed by atoms with Gasteiger partial charge in [-0.3, -0.25) is 9.69 Å². The average molecular weight is 416 g/mol. The summed E-state index contributed by atoms with van der Waals surface area (Å²) < 4.78 is 12.8. The number of hydrogen-bond donors (Lipinski definition) is 0. The SMILES string of the molecule is O=C1CC[C@@H]2[C@@H]3Cc4ccc(OCc5ccccc5)c5c4C2(CCN3CC2CC2)C1O5. The van der Waals surface area contributed by atoms with E-state index >= 15 is 0 Å². The van der Waals surface area contributed by atoms with Crippen LogP contribution in [0.3, 0.4) is 0 Å². The summed E-state index contributed by atoms with van der Waals surface area (Å²) in [5.41, 5.74) is 3.72. The first-order chi connectivity index (χ1) is 15.2. The van der Waals surface area contributed by atoms with Gasteiger partial charge in [0.05, 0.1) is 0 Å². The first-order valence-corrected chi connectivity index (χ1v) is 12.0. The fourth-order valence-electron chi connectivity index (χ4n) is 7.11. The third-order valence-corrected chi connectivity index (χ3v) is 8.63. The van der Waals surface area contributed by atoms with E-state index in [1.165, 1.54) is 30.5 Å². The third kappa shape index (κ3) is 2.60. The van der Waals surface area contributed by atoms with Gasteiger partial charge in [-0.2, -0.15) is 0 Å². The topological polar surface area (TPSA) is 38.8 Å². The number of likely N-dealkylation sites (tertiary alicyclic amines) is 1. The lowest BCUT2D eigenvalue weighted by Crippen LogP contribution is -2.66. The van der Waals surface area contributed by atoms with Crippen molar-refractivity contribution in [2.75, 3.05) is 13.1 Å². The van der Waals surface area contributed by atoms with Crippen LogP contribution in [0.15, 0.2) is 42.5 Å². The zero-order valence-corrected chi connectivity index (χ0v) is 17.9. The van der Waals surface area contributed by atoms with Crippen molar-refractivity contribution < 1.29 is 14.3 Å². The molecule has 2 heterocycles. The molecule has 1 saturated heterocycles. The van der Waals surface area contributed by atoms with Crippen molar-refractivity contribution in [2.45, 2.75) is 62.7 Å². The molecular weight excluding hydrogens is 386 g/mol. The summed E-state index contributed by atoms with van der Waals surface area (Å²) in [6.45, 7) is 2.86. The molecule has 2 unspecified atom stereocenters. The lowest BCUT2D eigenvalue weighted by Gasteiger charge is -2.57. The fourth-order valence-corrected chi connectivity index (χ4v) is 7.11. The van der Waals surface area contributed by atoms with Gasteiger partial charge in [0.15, 0.2) is 23.4 Å². The number of carbonyl (C=O) groups is 1. The molecule has 5 aliphatic rings. The van der Waals surface area contributed by atoms with Crippen LogP contribution < -0.4 is 9.47 Å². The Bertz CT molecular complexity index is 1050. The molecule has 31 heavy (non-hydrogen) atoms. The van der Waals surface area contributed by atoms with E-state index in [1.54, 1.807) is 0 Å². The predicted octanol–water partition coefficient (Wildman–Crippen LogP) is 4.28. The van der Waals surface area contributed by atoms with Crippen molar-refractivity contribution in [1.82, 2.24) is 4.90 Å². The van der Waals surface area contributed by atoms with Crippen LogP contribution in [0.2, 0.25) is 0 Å². The second-order valence-electron chi connectivity index (χ2n) is 10.3. The van der Waals surface area contributed by atoms with Gasteiger partial charge in [0.2, 0.25) is 0 Å². The molecular formula is C27H29NO3. The van der Waals surface area contributed by atoms with Crippen molar-refractivity contribution >= 4 is 5.78 Å². The fraction of sp³-hybridized carbons (Fsp3) is 0.519. The summed E-state index contributed by atoms with van der Waals surface area (Å²) in [6, 6.07) is 15.1. The Hall–Kier alpha value is -2.33. The van der Waals surface area contributed by atoms with Crippen molar-refractivity contribution in [3.8, 4) is 11.5 Å². The Balaban J connectivity index is 1.29. The molecule has 160 valence electrons. The first kappa shape index (κ1) is 18.3. The van der Waals surface area contributed by atoms with Crippen LogP contribution in [0.4, 0.5) is 0 Å². The van der Waals surface area contributed by atoms with Gasteiger partial charge in [-0.15, -0.1) is 0 Å². The molecule has 2 bridgehead atoms.